The molecule has 0 saturated heterocycles. The number of thioether (sulfide) groups is 1. The normalized spacial score (nSPS) is 13.4. The van der Waals surface area contributed by atoms with E-state index in [0.717, 1.165) is 11.7 Å². The maximum Gasteiger partial charge on any atom is 0.0515 e. The lowest BCUT2D eigenvalue weighted by molar-refractivity contribution is 0.668. The van der Waals surface area contributed by atoms with Gasteiger partial charge in [0.15, 0.2) is 0 Å². The molecule has 0 aliphatic rings. The van der Waals surface area contributed by atoms with Gasteiger partial charge in [-0.2, -0.15) is 11.8 Å². The number of nitrogens with one attached hydrogen (secondary N) is 1. The summed E-state index contributed by atoms with van der Waals surface area (Å²) in [5.41, 5.74) is 0. The van der Waals surface area contributed by atoms with Crippen molar-refractivity contribution in [3.63, 3.8) is 0 Å². The van der Waals surface area contributed by atoms with Gasteiger partial charge in [0.05, 0.1) is 6.04 Å². The van der Waals surface area contributed by atoms with Crippen LogP contribution in [0.3, 0.4) is 0 Å². The van der Waals surface area contributed by atoms with Crippen LogP contribution in [0.1, 0.15) is 24.8 Å². The lowest BCUT2D eigenvalue weighted by atomic mass is 10.3. The van der Waals surface area contributed by atoms with Gasteiger partial charge >= 0.3 is 0 Å². The Bertz CT molecular complexity index is 286. The summed E-state index contributed by atoms with van der Waals surface area (Å²) >= 11 is 7.43. The Morgan fingerprint density at radius 1 is 1.47 bits per heavy atom. The molecule has 1 unspecified atom stereocenters. The molecular formula is C11H18BrNS2. The maximum atomic E-state index is 3.59. The van der Waals surface area contributed by atoms with Crippen LogP contribution in [-0.2, 0) is 0 Å². The zero-order chi connectivity index (χ0) is 11.3. The molecule has 1 N–H and O–H groups in total. The van der Waals surface area contributed by atoms with Crippen LogP contribution >= 0.6 is 39.0 Å². The van der Waals surface area contributed by atoms with Crippen LogP contribution in [0, 0.1) is 5.92 Å². The van der Waals surface area contributed by atoms with Crippen LogP contribution in [-0.4, -0.2) is 18.6 Å². The fourth-order valence-corrected chi connectivity index (χ4v) is 4.31. The van der Waals surface area contributed by atoms with Gasteiger partial charge in [0.25, 0.3) is 0 Å². The number of hydrogen-bond acceptors (Lipinski definition) is 3. The zero-order valence-corrected chi connectivity index (χ0v) is 12.6. The van der Waals surface area contributed by atoms with Gasteiger partial charge in [-0.25, -0.2) is 0 Å². The molecule has 1 heterocycles. The van der Waals surface area contributed by atoms with E-state index in [1.807, 2.05) is 30.1 Å². The van der Waals surface area contributed by atoms with Gasteiger partial charge in [-0.1, -0.05) is 13.8 Å². The lowest BCUT2D eigenvalue weighted by Gasteiger charge is -2.15. The van der Waals surface area contributed by atoms with E-state index in [9.17, 15) is 0 Å². The van der Waals surface area contributed by atoms with Crippen molar-refractivity contribution in [1.29, 1.82) is 0 Å². The van der Waals surface area contributed by atoms with Crippen molar-refractivity contribution >= 4 is 39.0 Å². The molecule has 0 radical (unpaired) electrons. The Hall–Kier alpha value is 0.490. The van der Waals surface area contributed by atoms with Crippen molar-refractivity contribution < 1.29 is 0 Å². The summed E-state index contributed by atoms with van der Waals surface area (Å²) in [6.07, 6.45) is 0. The van der Waals surface area contributed by atoms with Crippen molar-refractivity contribution in [3.05, 3.63) is 20.8 Å². The Morgan fingerprint density at radius 2 is 2.20 bits per heavy atom. The third-order valence-electron chi connectivity index (χ3n) is 2.05. The van der Waals surface area contributed by atoms with E-state index < -0.39 is 0 Å². The van der Waals surface area contributed by atoms with Crippen molar-refractivity contribution in [1.82, 2.24) is 5.32 Å². The number of thiophene rings is 1. The standard InChI is InChI=1S/C11H18BrNS2/c1-8(2)6-14-7-10(13-3)11-9(12)4-5-15-11/h4-5,8,10,13H,6-7H2,1-3H3. The highest BCUT2D eigenvalue weighted by atomic mass is 79.9. The quantitative estimate of drug-likeness (QED) is 0.847. The topological polar surface area (TPSA) is 12.0 Å². The zero-order valence-electron chi connectivity index (χ0n) is 9.42. The van der Waals surface area contributed by atoms with Gasteiger partial charge in [0, 0.05) is 15.1 Å². The molecule has 0 bridgehead atoms. The first-order valence-electron chi connectivity index (χ1n) is 5.13. The maximum absolute atomic E-state index is 3.59. The largest absolute Gasteiger partial charge is 0.312 e. The Labute approximate surface area is 109 Å². The summed E-state index contributed by atoms with van der Waals surface area (Å²) in [5.74, 6) is 3.16. The van der Waals surface area contributed by atoms with Gasteiger partial charge in [-0.15, -0.1) is 11.3 Å². The van der Waals surface area contributed by atoms with Crippen LogP contribution < -0.4 is 5.32 Å². The van der Waals surface area contributed by atoms with Crippen LogP contribution in [0.5, 0.6) is 0 Å². The summed E-state index contributed by atoms with van der Waals surface area (Å²) in [6.45, 7) is 4.53. The Balaban J connectivity index is 2.46. The molecule has 1 nitrogen and oxygen atoms in total. The third-order valence-corrected chi connectivity index (χ3v) is 5.50. The molecule has 0 aliphatic carbocycles. The van der Waals surface area contributed by atoms with Crippen LogP contribution in [0.25, 0.3) is 0 Å². The number of rotatable bonds is 6. The molecule has 0 spiro atoms. The first kappa shape index (κ1) is 13.6. The second-order valence-corrected chi connectivity index (χ2v) is 6.78. The van der Waals surface area contributed by atoms with Crippen LogP contribution in [0.2, 0.25) is 0 Å². The minimum atomic E-state index is 0.475. The second kappa shape index (κ2) is 6.94. The summed E-state index contributed by atoms with van der Waals surface area (Å²) in [4.78, 5) is 1.41. The van der Waals surface area contributed by atoms with E-state index in [1.165, 1.54) is 15.1 Å². The molecule has 4 heteroatoms. The van der Waals surface area contributed by atoms with Gasteiger partial charge < -0.3 is 5.32 Å². The Morgan fingerprint density at radius 3 is 2.67 bits per heavy atom. The molecule has 1 rings (SSSR count). The van der Waals surface area contributed by atoms with Crippen LogP contribution in [0.15, 0.2) is 15.9 Å². The molecule has 1 aromatic rings. The lowest BCUT2D eigenvalue weighted by Crippen LogP contribution is -2.18. The smallest absolute Gasteiger partial charge is 0.0515 e. The molecule has 86 valence electrons. The first-order valence-corrected chi connectivity index (χ1v) is 7.95. The molecule has 0 fully saturated rings. The molecular weight excluding hydrogens is 290 g/mol. The van der Waals surface area contributed by atoms with E-state index >= 15 is 0 Å². The van der Waals surface area contributed by atoms with Crippen molar-refractivity contribution in [2.45, 2.75) is 19.9 Å². The van der Waals surface area contributed by atoms with Crippen molar-refractivity contribution in [2.24, 2.45) is 5.92 Å². The molecule has 1 atom stereocenters. The highest BCUT2D eigenvalue weighted by Gasteiger charge is 2.13. The molecule has 0 saturated carbocycles. The van der Waals surface area contributed by atoms with E-state index in [4.69, 9.17) is 0 Å². The molecule has 0 aromatic carbocycles. The first-order chi connectivity index (χ1) is 7.15. The molecule has 0 amide bonds. The van der Waals surface area contributed by atoms with Gasteiger partial charge in [-0.3, -0.25) is 0 Å². The summed E-state index contributed by atoms with van der Waals surface area (Å²) in [7, 11) is 2.03. The summed E-state index contributed by atoms with van der Waals surface area (Å²) in [6, 6.07) is 2.60. The third kappa shape index (κ3) is 4.47. The molecule has 15 heavy (non-hydrogen) atoms. The SMILES string of the molecule is CNC(CSCC(C)C)c1sccc1Br. The van der Waals surface area contributed by atoms with Crippen molar-refractivity contribution in [3.8, 4) is 0 Å². The number of hydrogen-bond donors (Lipinski definition) is 1. The minimum absolute atomic E-state index is 0.475. The van der Waals surface area contributed by atoms with E-state index in [-0.39, 0.29) is 0 Å². The molecule has 0 aliphatic heterocycles. The summed E-state index contributed by atoms with van der Waals surface area (Å²) < 4.78 is 1.23. The van der Waals surface area contributed by atoms with Gasteiger partial charge in [-0.05, 0) is 46.1 Å². The minimum Gasteiger partial charge on any atom is -0.312 e. The van der Waals surface area contributed by atoms with Crippen LogP contribution in [0.4, 0.5) is 0 Å². The molecule has 1 aromatic heterocycles. The Kier molecular flexibility index (Phi) is 6.27. The average Bonchev–Trinajstić information content (AvgIpc) is 2.59. The fraction of sp³-hybridized carbons (Fsp3) is 0.636. The predicted octanol–water partition coefficient (Wildman–Crippen LogP) is 4.16. The monoisotopic (exact) mass is 307 g/mol. The van der Waals surface area contributed by atoms with Gasteiger partial charge in [0.2, 0.25) is 0 Å². The van der Waals surface area contributed by atoms with Crippen molar-refractivity contribution in [2.75, 3.05) is 18.6 Å². The van der Waals surface area contributed by atoms with E-state index in [0.29, 0.717) is 6.04 Å². The van der Waals surface area contributed by atoms with E-state index in [1.54, 1.807) is 0 Å². The highest BCUT2D eigenvalue weighted by molar-refractivity contribution is 9.10. The van der Waals surface area contributed by atoms with E-state index in [2.05, 4.69) is 46.5 Å². The fourth-order valence-electron chi connectivity index (χ4n) is 1.27. The average molecular weight is 308 g/mol. The predicted molar refractivity (Wildman–Crippen MR) is 76.0 cm³/mol. The highest BCUT2D eigenvalue weighted by Crippen LogP contribution is 2.31. The second-order valence-electron chi connectivity index (χ2n) is 3.91. The number of halogens is 1. The van der Waals surface area contributed by atoms with Gasteiger partial charge in [0.1, 0.15) is 0 Å². The summed E-state index contributed by atoms with van der Waals surface area (Å²) in [5, 5.41) is 5.51.